The van der Waals surface area contributed by atoms with Crippen molar-refractivity contribution in [1.29, 1.82) is 0 Å². The van der Waals surface area contributed by atoms with Crippen molar-refractivity contribution in [1.82, 2.24) is 0 Å². The summed E-state index contributed by atoms with van der Waals surface area (Å²) in [4.78, 5) is 3.36. The van der Waals surface area contributed by atoms with E-state index in [1.165, 1.54) is 0 Å². The fourth-order valence-corrected chi connectivity index (χ4v) is 2.31. The Hall–Kier alpha value is -2.36. The molecule has 0 heterocycles. The van der Waals surface area contributed by atoms with Gasteiger partial charge in [-0.15, -0.1) is 0 Å². The smallest absolute Gasteiger partial charge is 0.328 e. The molecule has 1 aliphatic rings. The van der Waals surface area contributed by atoms with Crippen LogP contribution in [0.1, 0.15) is 39.5 Å². The lowest BCUT2D eigenvalue weighted by molar-refractivity contribution is -0.0238. The van der Waals surface area contributed by atoms with Crippen molar-refractivity contribution in [3.8, 4) is 5.75 Å². The van der Waals surface area contributed by atoms with Crippen molar-refractivity contribution in [3.63, 3.8) is 0 Å². The predicted octanol–water partition coefficient (Wildman–Crippen LogP) is 4.52. The van der Waals surface area contributed by atoms with E-state index < -0.39 is 6.10 Å². The van der Waals surface area contributed by atoms with Crippen molar-refractivity contribution in [2.24, 2.45) is 0 Å². The molecule has 1 aliphatic carbocycles. The highest BCUT2D eigenvalue weighted by Crippen LogP contribution is 2.24. The second kappa shape index (κ2) is 10.5. The van der Waals surface area contributed by atoms with E-state index in [4.69, 9.17) is 14.2 Å². The minimum absolute atomic E-state index is 0.419. The summed E-state index contributed by atoms with van der Waals surface area (Å²) in [7, 11) is 0. The number of rotatable bonds is 10. The van der Waals surface area contributed by atoms with Crippen LogP contribution < -0.4 is 4.74 Å². The minimum Gasteiger partial charge on any atom is -0.489 e. The summed E-state index contributed by atoms with van der Waals surface area (Å²) in [6, 6.07) is 9.52. The number of hydrogen-bond acceptors (Lipinski definition) is 3. The lowest BCUT2D eigenvalue weighted by Crippen LogP contribution is -2.28. The Balaban J connectivity index is 2.19. The van der Waals surface area contributed by atoms with Gasteiger partial charge >= 0.3 is 5.71 Å². The van der Waals surface area contributed by atoms with Gasteiger partial charge < -0.3 is 19.7 Å². The zero-order valence-electron chi connectivity index (χ0n) is 15.0. The van der Waals surface area contributed by atoms with E-state index >= 15 is 0 Å². The monoisotopic (exact) mass is 342 g/mol. The first-order valence-electron chi connectivity index (χ1n) is 8.91. The lowest BCUT2D eigenvalue weighted by Gasteiger charge is -2.20. The maximum Gasteiger partial charge on any atom is 0.328 e. The molecular weight excluding hydrogens is 316 g/mol. The summed E-state index contributed by atoms with van der Waals surface area (Å²) >= 11 is 0. The first-order chi connectivity index (χ1) is 12.3. The quantitative estimate of drug-likeness (QED) is 0.357. The molecule has 134 valence electrons. The molecule has 25 heavy (non-hydrogen) atoms. The van der Waals surface area contributed by atoms with Crippen molar-refractivity contribution in [2.75, 3.05) is 13.2 Å². The molecule has 0 saturated carbocycles. The van der Waals surface area contributed by atoms with Crippen LogP contribution in [0.4, 0.5) is 0 Å². The standard InChI is InChI=1S/C20H26N2O3/c1-3-5-12-23-18-15-20(25-16-10-8-7-9-11-16)19(14-17(18)22-21)24-13-6-4-2/h7-11,14-15,18H,3-6,12-13H2,1-2H3. The lowest BCUT2D eigenvalue weighted by atomic mass is 10.1. The molecule has 0 amide bonds. The first kappa shape index (κ1) is 19.0. The van der Waals surface area contributed by atoms with Gasteiger partial charge in [-0.3, -0.25) is 0 Å². The molecule has 0 fully saturated rings. The number of nitrogens with zero attached hydrogens (tertiary/aromatic N) is 2. The number of benzene rings is 1. The highest BCUT2D eigenvalue weighted by Gasteiger charge is 2.30. The van der Waals surface area contributed by atoms with Crippen molar-refractivity contribution in [3.05, 3.63) is 59.5 Å². The third kappa shape index (κ3) is 5.89. The van der Waals surface area contributed by atoms with Gasteiger partial charge in [0.25, 0.3) is 0 Å². The zero-order valence-corrected chi connectivity index (χ0v) is 15.0. The molecule has 5 nitrogen and oxygen atoms in total. The number of hydrogen-bond donors (Lipinski definition) is 0. The Kier molecular flexibility index (Phi) is 7.96. The molecule has 1 aromatic rings. The molecule has 0 N–H and O–H groups in total. The molecular formula is C20H26N2O3. The molecule has 0 spiro atoms. The molecule has 0 bridgehead atoms. The van der Waals surface area contributed by atoms with Gasteiger partial charge in [0.1, 0.15) is 5.75 Å². The van der Waals surface area contributed by atoms with Gasteiger partial charge in [-0.1, -0.05) is 44.9 Å². The average molecular weight is 342 g/mol. The van der Waals surface area contributed by atoms with E-state index in [9.17, 15) is 5.53 Å². The van der Waals surface area contributed by atoms with E-state index in [1.54, 1.807) is 12.2 Å². The van der Waals surface area contributed by atoms with Crippen LogP contribution in [0.5, 0.6) is 5.75 Å². The molecule has 1 aromatic carbocycles. The van der Waals surface area contributed by atoms with Crippen LogP contribution >= 0.6 is 0 Å². The number of para-hydroxylation sites is 1. The van der Waals surface area contributed by atoms with Gasteiger partial charge in [-0.05, 0) is 25.0 Å². The van der Waals surface area contributed by atoms with Gasteiger partial charge in [-0.2, -0.15) is 4.79 Å². The Bertz CT molecular complexity index is 646. The van der Waals surface area contributed by atoms with Gasteiger partial charge in [0.05, 0.1) is 12.7 Å². The molecule has 0 saturated heterocycles. The zero-order chi connectivity index (χ0) is 17.9. The van der Waals surface area contributed by atoms with Crippen LogP contribution in [0.15, 0.2) is 54.0 Å². The Morgan fingerprint density at radius 1 is 1.00 bits per heavy atom. The molecule has 0 aromatic heterocycles. The van der Waals surface area contributed by atoms with E-state index in [-0.39, 0.29) is 0 Å². The molecule has 2 rings (SSSR count). The Labute approximate surface area is 149 Å². The fraction of sp³-hybridized carbons (Fsp3) is 0.450. The van der Waals surface area contributed by atoms with Gasteiger partial charge in [0.15, 0.2) is 17.6 Å². The summed E-state index contributed by atoms with van der Waals surface area (Å²) in [5, 5.41) is 0. The number of ether oxygens (including phenoxy) is 3. The Morgan fingerprint density at radius 2 is 1.72 bits per heavy atom. The average Bonchev–Trinajstić information content (AvgIpc) is 2.64. The van der Waals surface area contributed by atoms with Crippen LogP contribution in [0.3, 0.4) is 0 Å². The maximum atomic E-state index is 9.32. The maximum absolute atomic E-state index is 9.32. The van der Waals surface area contributed by atoms with E-state index in [0.717, 1.165) is 31.4 Å². The summed E-state index contributed by atoms with van der Waals surface area (Å²) in [6.45, 7) is 5.38. The summed E-state index contributed by atoms with van der Waals surface area (Å²) < 4.78 is 17.6. The van der Waals surface area contributed by atoms with E-state index in [0.29, 0.717) is 30.4 Å². The molecule has 0 aliphatic heterocycles. The summed E-state index contributed by atoms with van der Waals surface area (Å²) in [6.07, 6.45) is 7.00. The Morgan fingerprint density at radius 3 is 2.40 bits per heavy atom. The molecule has 5 heteroatoms. The summed E-state index contributed by atoms with van der Waals surface area (Å²) in [5.41, 5.74) is 9.74. The van der Waals surface area contributed by atoms with Gasteiger partial charge in [-0.25, -0.2) is 0 Å². The molecule has 1 unspecified atom stereocenters. The fourth-order valence-electron chi connectivity index (χ4n) is 2.31. The minimum atomic E-state index is -0.450. The van der Waals surface area contributed by atoms with Crippen LogP contribution in [-0.2, 0) is 9.47 Å². The van der Waals surface area contributed by atoms with Crippen LogP contribution in [0.25, 0.3) is 5.53 Å². The van der Waals surface area contributed by atoms with Gasteiger partial charge in [0, 0.05) is 12.7 Å². The van der Waals surface area contributed by atoms with E-state index in [1.807, 2.05) is 30.3 Å². The second-order valence-electron chi connectivity index (χ2n) is 5.83. The highest BCUT2D eigenvalue weighted by molar-refractivity contribution is 5.97. The van der Waals surface area contributed by atoms with Crippen molar-refractivity contribution in [2.45, 2.75) is 45.6 Å². The van der Waals surface area contributed by atoms with Crippen molar-refractivity contribution >= 4 is 5.71 Å². The first-order valence-corrected chi connectivity index (χ1v) is 8.91. The number of unbranched alkanes of at least 4 members (excludes halogenated alkanes) is 2. The predicted molar refractivity (Wildman–Crippen MR) is 97.4 cm³/mol. The van der Waals surface area contributed by atoms with Crippen LogP contribution in [0, 0.1) is 0 Å². The highest BCUT2D eigenvalue weighted by atomic mass is 16.5. The SMILES string of the molecule is CCCCOC1=CC(=[N+]=[N-])C(OCCCC)C=C1Oc1ccccc1. The largest absolute Gasteiger partial charge is 0.489 e. The topological polar surface area (TPSA) is 64.1 Å². The summed E-state index contributed by atoms with van der Waals surface area (Å²) in [5.74, 6) is 1.85. The normalized spacial score (nSPS) is 16.7. The van der Waals surface area contributed by atoms with Crippen molar-refractivity contribution < 1.29 is 19.0 Å². The van der Waals surface area contributed by atoms with Gasteiger partial charge in [0.2, 0.25) is 0 Å². The van der Waals surface area contributed by atoms with E-state index in [2.05, 4.69) is 18.6 Å². The molecule has 0 radical (unpaired) electrons. The third-order valence-corrected chi connectivity index (χ3v) is 3.75. The second-order valence-corrected chi connectivity index (χ2v) is 5.83. The van der Waals surface area contributed by atoms with Crippen LogP contribution in [0.2, 0.25) is 0 Å². The molecule has 1 atom stereocenters. The van der Waals surface area contributed by atoms with Crippen LogP contribution in [-0.4, -0.2) is 29.8 Å². The third-order valence-electron chi connectivity index (χ3n) is 3.75.